The minimum atomic E-state index is 1.07. The standard InChI is InChI=1S/C17H32.C3H8/c1-3-5-15-8-12-17(13-9-15)16-10-6-14(4-2)7-11-16;1-3-2/h14-17H,3-13H2,1-2H3;3H2,1-2H3. The van der Waals surface area contributed by atoms with Gasteiger partial charge in [-0.1, -0.05) is 79.1 Å². The summed E-state index contributed by atoms with van der Waals surface area (Å²) >= 11 is 0. The van der Waals surface area contributed by atoms with Crippen molar-refractivity contribution in [3.8, 4) is 0 Å². The largest absolute Gasteiger partial charge is 0.0656 e. The summed E-state index contributed by atoms with van der Waals surface area (Å²) in [4.78, 5) is 0. The quantitative estimate of drug-likeness (QED) is 0.509. The summed E-state index contributed by atoms with van der Waals surface area (Å²) in [6.07, 6.45) is 18.0. The summed E-state index contributed by atoms with van der Waals surface area (Å²) in [6, 6.07) is 0. The van der Waals surface area contributed by atoms with E-state index in [-0.39, 0.29) is 0 Å². The molecule has 2 fully saturated rings. The molecule has 0 aromatic heterocycles. The highest BCUT2D eigenvalue weighted by atomic mass is 14.4. The van der Waals surface area contributed by atoms with E-state index in [1.54, 1.807) is 38.5 Å². The van der Waals surface area contributed by atoms with Crippen molar-refractivity contribution in [1.29, 1.82) is 0 Å². The Morgan fingerprint density at radius 1 is 0.600 bits per heavy atom. The van der Waals surface area contributed by atoms with Crippen molar-refractivity contribution in [3.63, 3.8) is 0 Å². The molecule has 0 heteroatoms. The zero-order valence-corrected chi connectivity index (χ0v) is 14.8. The van der Waals surface area contributed by atoms with Crippen LogP contribution in [0.2, 0.25) is 0 Å². The molecule has 0 radical (unpaired) electrons. The maximum Gasteiger partial charge on any atom is -0.0386 e. The Kier molecular flexibility index (Phi) is 9.65. The molecule has 0 N–H and O–H groups in total. The van der Waals surface area contributed by atoms with Gasteiger partial charge in [-0.3, -0.25) is 0 Å². The third-order valence-electron chi connectivity index (χ3n) is 5.72. The molecule has 0 heterocycles. The van der Waals surface area contributed by atoms with E-state index in [1.807, 2.05) is 0 Å². The topological polar surface area (TPSA) is 0 Å². The lowest BCUT2D eigenvalue weighted by molar-refractivity contribution is 0.142. The lowest BCUT2D eigenvalue weighted by atomic mass is 9.68. The molecule has 120 valence electrons. The molecule has 0 amide bonds. The van der Waals surface area contributed by atoms with E-state index in [9.17, 15) is 0 Å². The average Bonchev–Trinajstić information content (AvgIpc) is 2.49. The van der Waals surface area contributed by atoms with Crippen LogP contribution in [0, 0.1) is 23.7 Å². The molecular formula is C20H40. The Bertz CT molecular complexity index is 204. The SMILES string of the molecule is CCC.CCCC1CCC(C2CCC(CC)CC2)CC1. The molecule has 0 aromatic carbocycles. The van der Waals surface area contributed by atoms with Crippen LogP contribution in [0.3, 0.4) is 0 Å². The van der Waals surface area contributed by atoms with Crippen molar-refractivity contribution in [2.45, 2.75) is 105 Å². The van der Waals surface area contributed by atoms with Gasteiger partial charge in [-0.2, -0.15) is 0 Å². The third-order valence-corrected chi connectivity index (χ3v) is 5.72. The van der Waals surface area contributed by atoms with Crippen molar-refractivity contribution < 1.29 is 0 Å². The van der Waals surface area contributed by atoms with Gasteiger partial charge >= 0.3 is 0 Å². The monoisotopic (exact) mass is 280 g/mol. The van der Waals surface area contributed by atoms with Gasteiger partial charge in [-0.25, -0.2) is 0 Å². The third kappa shape index (κ3) is 6.19. The van der Waals surface area contributed by atoms with Crippen LogP contribution in [0.4, 0.5) is 0 Å². The first kappa shape index (κ1) is 18.1. The molecule has 2 rings (SSSR count). The fourth-order valence-electron chi connectivity index (χ4n) is 4.42. The molecule has 2 aliphatic carbocycles. The van der Waals surface area contributed by atoms with Crippen LogP contribution in [0.25, 0.3) is 0 Å². The molecule has 0 atom stereocenters. The van der Waals surface area contributed by atoms with E-state index in [1.165, 1.54) is 38.5 Å². The van der Waals surface area contributed by atoms with E-state index in [2.05, 4.69) is 27.7 Å². The fraction of sp³-hybridized carbons (Fsp3) is 1.00. The molecule has 2 saturated carbocycles. The van der Waals surface area contributed by atoms with Crippen LogP contribution in [-0.4, -0.2) is 0 Å². The summed E-state index contributed by atoms with van der Waals surface area (Å²) < 4.78 is 0. The molecule has 0 saturated heterocycles. The Labute approximate surface area is 129 Å². The van der Waals surface area contributed by atoms with Gasteiger partial charge in [0.15, 0.2) is 0 Å². The molecule has 20 heavy (non-hydrogen) atoms. The zero-order chi connectivity index (χ0) is 14.8. The van der Waals surface area contributed by atoms with Crippen LogP contribution in [0.15, 0.2) is 0 Å². The summed E-state index contributed by atoms with van der Waals surface area (Å²) in [7, 11) is 0. The van der Waals surface area contributed by atoms with E-state index >= 15 is 0 Å². The highest BCUT2D eigenvalue weighted by Gasteiger charge is 2.29. The highest BCUT2D eigenvalue weighted by molar-refractivity contribution is 4.81. The van der Waals surface area contributed by atoms with Crippen LogP contribution >= 0.6 is 0 Å². The molecular weight excluding hydrogens is 240 g/mol. The van der Waals surface area contributed by atoms with Crippen LogP contribution < -0.4 is 0 Å². The molecule has 0 bridgehead atoms. The van der Waals surface area contributed by atoms with Crippen molar-refractivity contribution in [2.75, 3.05) is 0 Å². The molecule has 0 spiro atoms. The summed E-state index contributed by atoms with van der Waals surface area (Å²) in [5, 5.41) is 0. The molecule has 0 aromatic rings. The van der Waals surface area contributed by atoms with Gasteiger partial charge in [0.25, 0.3) is 0 Å². The Balaban J connectivity index is 0.000000612. The van der Waals surface area contributed by atoms with E-state index in [4.69, 9.17) is 0 Å². The predicted molar refractivity (Wildman–Crippen MR) is 92.1 cm³/mol. The second kappa shape index (κ2) is 10.7. The van der Waals surface area contributed by atoms with Crippen LogP contribution in [0.5, 0.6) is 0 Å². The molecule has 0 aliphatic heterocycles. The van der Waals surface area contributed by atoms with Gasteiger partial charge in [0.2, 0.25) is 0 Å². The van der Waals surface area contributed by atoms with Gasteiger partial charge in [-0.05, 0) is 49.4 Å². The van der Waals surface area contributed by atoms with Gasteiger partial charge in [0, 0.05) is 0 Å². The first-order valence-corrected chi connectivity index (χ1v) is 9.74. The van der Waals surface area contributed by atoms with Crippen LogP contribution in [0.1, 0.15) is 105 Å². The van der Waals surface area contributed by atoms with Crippen molar-refractivity contribution >= 4 is 0 Å². The second-order valence-electron chi connectivity index (χ2n) is 7.47. The predicted octanol–water partition coefficient (Wildman–Crippen LogP) is 7.23. The van der Waals surface area contributed by atoms with E-state index in [0.29, 0.717) is 0 Å². The molecule has 0 nitrogen and oxygen atoms in total. The molecule has 2 aliphatic rings. The van der Waals surface area contributed by atoms with Gasteiger partial charge in [0.05, 0.1) is 0 Å². The smallest absolute Gasteiger partial charge is 0.0386 e. The zero-order valence-electron chi connectivity index (χ0n) is 14.8. The second-order valence-corrected chi connectivity index (χ2v) is 7.47. The summed E-state index contributed by atoms with van der Waals surface area (Å²) in [6.45, 7) is 8.97. The van der Waals surface area contributed by atoms with E-state index < -0.39 is 0 Å². The Morgan fingerprint density at radius 2 is 1.00 bits per heavy atom. The lowest BCUT2D eigenvalue weighted by Crippen LogP contribution is -2.25. The summed E-state index contributed by atoms with van der Waals surface area (Å²) in [5.41, 5.74) is 0. The van der Waals surface area contributed by atoms with Crippen LogP contribution in [-0.2, 0) is 0 Å². The maximum atomic E-state index is 2.38. The van der Waals surface area contributed by atoms with E-state index in [0.717, 1.165) is 23.7 Å². The van der Waals surface area contributed by atoms with Crippen molar-refractivity contribution in [3.05, 3.63) is 0 Å². The lowest BCUT2D eigenvalue weighted by Gasteiger charge is -2.37. The van der Waals surface area contributed by atoms with Gasteiger partial charge in [0.1, 0.15) is 0 Å². The van der Waals surface area contributed by atoms with Gasteiger partial charge < -0.3 is 0 Å². The number of hydrogen-bond acceptors (Lipinski definition) is 0. The number of hydrogen-bond donors (Lipinski definition) is 0. The maximum absolute atomic E-state index is 2.38. The highest BCUT2D eigenvalue weighted by Crippen LogP contribution is 2.42. The fourth-order valence-corrected chi connectivity index (χ4v) is 4.42. The Hall–Kier alpha value is 0. The normalized spacial score (nSPS) is 34.2. The first-order valence-electron chi connectivity index (χ1n) is 9.74. The van der Waals surface area contributed by atoms with Gasteiger partial charge in [-0.15, -0.1) is 0 Å². The minimum absolute atomic E-state index is 1.07. The summed E-state index contributed by atoms with van der Waals surface area (Å²) in [5.74, 6) is 4.38. The Morgan fingerprint density at radius 3 is 1.35 bits per heavy atom. The van der Waals surface area contributed by atoms with Crippen molar-refractivity contribution in [1.82, 2.24) is 0 Å². The average molecular weight is 281 g/mol. The van der Waals surface area contributed by atoms with Crippen molar-refractivity contribution in [2.24, 2.45) is 23.7 Å². The minimum Gasteiger partial charge on any atom is -0.0656 e. The molecule has 0 unspecified atom stereocenters. The number of rotatable bonds is 4. The first-order chi connectivity index (χ1) is 9.74.